The van der Waals surface area contributed by atoms with E-state index in [1.807, 2.05) is 6.08 Å². The summed E-state index contributed by atoms with van der Waals surface area (Å²) in [4.78, 5) is 4.16. The first-order valence-electron chi connectivity index (χ1n) is 6.49. The van der Waals surface area contributed by atoms with Crippen LogP contribution in [-0.4, -0.2) is 19.6 Å². The Bertz CT molecular complexity index is 449. The minimum atomic E-state index is 0.726. The summed E-state index contributed by atoms with van der Waals surface area (Å²) in [6.07, 6.45) is 5.59. The first-order valence-corrected chi connectivity index (χ1v) is 6.49. The lowest BCUT2D eigenvalue weighted by Gasteiger charge is -2.11. The van der Waals surface area contributed by atoms with Crippen LogP contribution in [0.3, 0.4) is 0 Å². The molecule has 0 saturated heterocycles. The predicted molar refractivity (Wildman–Crippen MR) is 76.9 cm³/mol. The monoisotopic (exact) mass is 243 g/mol. The molecule has 0 fully saturated rings. The second kappa shape index (κ2) is 6.24. The van der Waals surface area contributed by atoms with Gasteiger partial charge in [-0.1, -0.05) is 24.3 Å². The summed E-state index contributed by atoms with van der Waals surface area (Å²) in [7, 11) is 1.78. The van der Waals surface area contributed by atoms with E-state index in [9.17, 15) is 0 Å². The Labute approximate surface area is 109 Å². The molecule has 0 atom stereocenters. The van der Waals surface area contributed by atoms with E-state index in [-0.39, 0.29) is 0 Å². The van der Waals surface area contributed by atoms with Gasteiger partial charge in [0, 0.05) is 20.1 Å². The average Bonchev–Trinajstić information content (AvgIpc) is 2.86. The summed E-state index contributed by atoms with van der Waals surface area (Å²) >= 11 is 0. The highest BCUT2D eigenvalue weighted by molar-refractivity contribution is 5.79. The second-order valence-corrected chi connectivity index (χ2v) is 4.55. The molecule has 3 nitrogen and oxygen atoms in total. The zero-order valence-electron chi connectivity index (χ0n) is 11.0. The van der Waals surface area contributed by atoms with Gasteiger partial charge in [-0.15, -0.1) is 6.58 Å². The number of fused-ring (bicyclic) bond motifs is 1. The van der Waals surface area contributed by atoms with Gasteiger partial charge in [0.15, 0.2) is 5.96 Å². The van der Waals surface area contributed by atoms with Crippen LogP contribution in [0.25, 0.3) is 0 Å². The summed E-state index contributed by atoms with van der Waals surface area (Å²) in [5.74, 6) is 0.815. The van der Waals surface area contributed by atoms with Crippen molar-refractivity contribution in [1.29, 1.82) is 0 Å². The standard InChI is InChI=1S/C15H21N3/c1-3-9-17-15(16-2)18-11-12-7-8-13-5-4-6-14(13)10-12/h3,7-8,10H,1,4-6,9,11H2,2H3,(H2,16,17,18). The molecule has 0 radical (unpaired) electrons. The molecule has 1 aromatic rings. The number of rotatable bonds is 4. The van der Waals surface area contributed by atoms with E-state index in [2.05, 4.69) is 40.4 Å². The van der Waals surface area contributed by atoms with Gasteiger partial charge in [-0.05, 0) is 36.0 Å². The van der Waals surface area contributed by atoms with Crippen molar-refractivity contribution < 1.29 is 0 Å². The molecule has 3 heteroatoms. The van der Waals surface area contributed by atoms with Gasteiger partial charge >= 0.3 is 0 Å². The SMILES string of the molecule is C=CCNC(=NC)NCc1ccc2c(c1)CCC2. The van der Waals surface area contributed by atoms with Gasteiger partial charge < -0.3 is 10.6 Å². The van der Waals surface area contributed by atoms with Gasteiger partial charge in [-0.2, -0.15) is 0 Å². The van der Waals surface area contributed by atoms with Gasteiger partial charge in [-0.3, -0.25) is 4.99 Å². The number of hydrogen-bond acceptors (Lipinski definition) is 1. The Balaban J connectivity index is 1.91. The average molecular weight is 243 g/mol. The third-order valence-corrected chi connectivity index (χ3v) is 3.26. The van der Waals surface area contributed by atoms with Crippen LogP contribution in [0.5, 0.6) is 0 Å². The fourth-order valence-corrected chi connectivity index (χ4v) is 2.31. The molecule has 0 unspecified atom stereocenters. The normalized spacial score (nSPS) is 14.2. The van der Waals surface area contributed by atoms with Crippen LogP contribution in [0.4, 0.5) is 0 Å². The summed E-state index contributed by atoms with van der Waals surface area (Å²) < 4.78 is 0. The van der Waals surface area contributed by atoms with Crippen LogP contribution in [-0.2, 0) is 19.4 Å². The third kappa shape index (κ3) is 3.13. The lowest BCUT2D eigenvalue weighted by Crippen LogP contribution is -2.36. The molecule has 1 aliphatic rings. The summed E-state index contributed by atoms with van der Waals surface area (Å²) in [5.41, 5.74) is 4.36. The molecule has 0 heterocycles. The highest BCUT2D eigenvalue weighted by Gasteiger charge is 2.10. The smallest absolute Gasteiger partial charge is 0.191 e. The van der Waals surface area contributed by atoms with Crippen molar-refractivity contribution in [2.24, 2.45) is 4.99 Å². The summed E-state index contributed by atoms with van der Waals surface area (Å²) in [5, 5.41) is 6.47. The Kier molecular flexibility index (Phi) is 4.40. The maximum absolute atomic E-state index is 4.16. The molecule has 0 bridgehead atoms. The molecule has 0 aliphatic heterocycles. The number of nitrogens with one attached hydrogen (secondary N) is 2. The zero-order valence-corrected chi connectivity index (χ0v) is 11.0. The molecular weight excluding hydrogens is 222 g/mol. The highest BCUT2D eigenvalue weighted by Crippen LogP contribution is 2.22. The minimum absolute atomic E-state index is 0.726. The fourth-order valence-electron chi connectivity index (χ4n) is 2.31. The summed E-state index contributed by atoms with van der Waals surface area (Å²) in [6.45, 7) is 5.21. The van der Waals surface area contributed by atoms with Crippen molar-refractivity contribution in [3.8, 4) is 0 Å². The molecule has 0 spiro atoms. The first kappa shape index (κ1) is 12.7. The van der Waals surface area contributed by atoms with Gasteiger partial charge in [0.1, 0.15) is 0 Å². The third-order valence-electron chi connectivity index (χ3n) is 3.26. The second-order valence-electron chi connectivity index (χ2n) is 4.55. The molecule has 2 N–H and O–H groups in total. The Hall–Kier alpha value is -1.77. The lowest BCUT2D eigenvalue weighted by molar-refractivity contribution is 0.845. The van der Waals surface area contributed by atoms with Crippen LogP contribution in [0.2, 0.25) is 0 Å². The summed E-state index contributed by atoms with van der Waals surface area (Å²) in [6, 6.07) is 6.79. The van der Waals surface area contributed by atoms with Crippen LogP contribution in [0.15, 0.2) is 35.8 Å². The maximum atomic E-state index is 4.16. The van der Waals surface area contributed by atoms with Crippen LogP contribution in [0.1, 0.15) is 23.1 Å². The highest BCUT2D eigenvalue weighted by atomic mass is 15.2. The van der Waals surface area contributed by atoms with Crippen molar-refractivity contribution in [3.05, 3.63) is 47.5 Å². The van der Waals surface area contributed by atoms with Gasteiger partial charge in [-0.25, -0.2) is 0 Å². The Morgan fingerprint density at radius 3 is 2.94 bits per heavy atom. The number of guanidine groups is 1. The number of aliphatic imine (C=N–C) groups is 1. The zero-order chi connectivity index (χ0) is 12.8. The number of hydrogen-bond donors (Lipinski definition) is 2. The first-order chi connectivity index (χ1) is 8.83. The van der Waals surface area contributed by atoms with E-state index >= 15 is 0 Å². The van der Waals surface area contributed by atoms with Crippen molar-refractivity contribution in [1.82, 2.24) is 10.6 Å². The molecule has 0 amide bonds. The molecule has 0 aromatic heterocycles. The number of aryl methyl sites for hydroxylation is 2. The molecule has 2 rings (SSSR count). The Morgan fingerprint density at radius 1 is 1.33 bits per heavy atom. The topological polar surface area (TPSA) is 36.4 Å². The van der Waals surface area contributed by atoms with Crippen LogP contribution >= 0.6 is 0 Å². The Morgan fingerprint density at radius 2 is 2.17 bits per heavy atom. The molecular formula is C15H21N3. The lowest BCUT2D eigenvalue weighted by atomic mass is 10.1. The van der Waals surface area contributed by atoms with Gasteiger partial charge in [0.2, 0.25) is 0 Å². The quantitative estimate of drug-likeness (QED) is 0.482. The van der Waals surface area contributed by atoms with Gasteiger partial charge in [0.05, 0.1) is 0 Å². The molecule has 96 valence electrons. The molecule has 0 saturated carbocycles. The van der Waals surface area contributed by atoms with Crippen molar-refractivity contribution in [2.45, 2.75) is 25.8 Å². The number of benzene rings is 1. The minimum Gasteiger partial charge on any atom is -0.353 e. The maximum Gasteiger partial charge on any atom is 0.191 e. The number of nitrogens with zero attached hydrogens (tertiary/aromatic N) is 1. The molecule has 1 aliphatic carbocycles. The molecule has 1 aromatic carbocycles. The van der Waals surface area contributed by atoms with Crippen LogP contribution < -0.4 is 10.6 Å². The van der Waals surface area contributed by atoms with E-state index in [1.54, 1.807) is 7.05 Å². The predicted octanol–water partition coefficient (Wildman–Crippen LogP) is 2.03. The van der Waals surface area contributed by atoms with Gasteiger partial charge in [0.25, 0.3) is 0 Å². The van der Waals surface area contributed by atoms with E-state index in [4.69, 9.17) is 0 Å². The van der Waals surface area contributed by atoms with Crippen molar-refractivity contribution in [3.63, 3.8) is 0 Å². The largest absolute Gasteiger partial charge is 0.353 e. The molecule has 18 heavy (non-hydrogen) atoms. The van der Waals surface area contributed by atoms with E-state index in [0.717, 1.165) is 19.0 Å². The van der Waals surface area contributed by atoms with E-state index in [1.165, 1.54) is 36.0 Å². The van der Waals surface area contributed by atoms with Crippen LogP contribution in [0, 0.1) is 0 Å². The fraction of sp³-hybridized carbons (Fsp3) is 0.400. The van der Waals surface area contributed by atoms with Crippen molar-refractivity contribution in [2.75, 3.05) is 13.6 Å². The van der Waals surface area contributed by atoms with E-state index < -0.39 is 0 Å². The van der Waals surface area contributed by atoms with Crippen molar-refractivity contribution >= 4 is 5.96 Å². The van der Waals surface area contributed by atoms with E-state index in [0.29, 0.717) is 0 Å².